The summed E-state index contributed by atoms with van der Waals surface area (Å²) in [4.78, 5) is 25.9. The van der Waals surface area contributed by atoms with Crippen LogP contribution in [0.1, 0.15) is 18.1 Å². The van der Waals surface area contributed by atoms with Gasteiger partial charge in [-0.1, -0.05) is 0 Å². The number of carbonyl (C=O) groups excluding carboxylic acids is 1. The van der Waals surface area contributed by atoms with Gasteiger partial charge in [-0.05, 0) is 31.5 Å². The minimum Gasteiger partial charge on any atom is -0.491 e. The maximum absolute atomic E-state index is 11.1. The van der Waals surface area contributed by atoms with Gasteiger partial charge in [0.15, 0.2) is 11.5 Å². The van der Waals surface area contributed by atoms with E-state index in [1.165, 1.54) is 0 Å². The summed E-state index contributed by atoms with van der Waals surface area (Å²) in [6, 6.07) is 3.16. The lowest BCUT2D eigenvalue weighted by atomic mass is 10.0. The number of ether oxygens (including phenoxy) is 1. The minimum atomic E-state index is -1.15. The van der Waals surface area contributed by atoms with Gasteiger partial charge in [0.2, 0.25) is 0 Å². The van der Waals surface area contributed by atoms with E-state index in [0.29, 0.717) is 28.3 Å². The summed E-state index contributed by atoms with van der Waals surface area (Å²) in [6.07, 6.45) is 0. The maximum atomic E-state index is 11.1. The number of hydrogen-bond acceptors (Lipinski definition) is 4. The van der Waals surface area contributed by atoms with Crippen molar-refractivity contribution in [1.29, 1.82) is 0 Å². The third kappa shape index (κ3) is 1.71. The first-order valence-electron chi connectivity index (χ1n) is 5.44. The molecule has 0 saturated carbocycles. The number of carboxylic acid groups (broad SMARTS) is 1. The fourth-order valence-electron chi connectivity index (χ4n) is 1.91. The molecule has 0 aromatic heterocycles. The van der Waals surface area contributed by atoms with E-state index in [9.17, 15) is 9.59 Å². The molecule has 1 aromatic rings. The SMILES string of the molecule is CCOC1=C(C(=O)O)N=c2ccc(=C=O)c(C)c21. The normalized spacial score (nSPS) is 12.8. The van der Waals surface area contributed by atoms with Crippen LogP contribution in [-0.2, 0) is 14.3 Å². The number of hydrogen-bond donors (Lipinski definition) is 1. The van der Waals surface area contributed by atoms with Crippen molar-refractivity contribution < 1.29 is 19.4 Å². The average molecular weight is 245 g/mol. The van der Waals surface area contributed by atoms with Crippen LogP contribution < -0.4 is 10.6 Å². The number of benzene rings is 1. The molecule has 18 heavy (non-hydrogen) atoms. The summed E-state index contributed by atoms with van der Waals surface area (Å²) in [7, 11) is 0. The largest absolute Gasteiger partial charge is 0.491 e. The molecule has 0 saturated heterocycles. The molecule has 0 atom stereocenters. The first-order chi connectivity index (χ1) is 8.60. The highest BCUT2D eigenvalue weighted by molar-refractivity contribution is 5.96. The monoisotopic (exact) mass is 245 g/mol. The molecular formula is C13H11NO4. The van der Waals surface area contributed by atoms with Crippen LogP contribution in [0, 0.1) is 6.92 Å². The molecule has 5 heteroatoms. The molecule has 0 spiro atoms. The molecule has 1 aliphatic heterocycles. The fourth-order valence-corrected chi connectivity index (χ4v) is 1.91. The van der Waals surface area contributed by atoms with Gasteiger partial charge < -0.3 is 9.84 Å². The zero-order valence-electron chi connectivity index (χ0n) is 9.98. The number of rotatable bonds is 3. The lowest BCUT2D eigenvalue weighted by Gasteiger charge is -2.08. The van der Waals surface area contributed by atoms with Gasteiger partial charge in [0.05, 0.1) is 17.2 Å². The Balaban J connectivity index is 2.80. The Morgan fingerprint density at radius 1 is 1.50 bits per heavy atom. The molecule has 0 bridgehead atoms. The van der Waals surface area contributed by atoms with E-state index in [-0.39, 0.29) is 11.5 Å². The van der Waals surface area contributed by atoms with Crippen LogP contribution >= 0.6 is 0 Å². The van der Waals surface area contributed by atoms with Crippen LogP contribution in [0.3, 0.4) is 0 Å². The second-order valence-electron chi connectivity index (χ2n) is 3.76. The molecule has 1 aliphatic rings. The van der Waals surface area contributed by atoms with Gasteiger partial charge in [-0.25, -0.2) is 14.6 Å². The van der Waals surface area contributed by atoms with Crippen molar-refractivity contribution in [3.63, 3.8) is 0 Å². The molecule has 92 valence electrons. The lowest BCUT2D eigenvalue weighted by Crippen LogP contribution is -2.18. The number of carbonyl (C=O) groups is 1. The third-order valence-electron chi connectivity index (χ3n) is 2.72. The second kappa shape index (κ2) is 4.47. The Labute approximate surface area is 103 Å². The zero-order valence-corrected chi connectivity index (χ0v) is 9.98. The Morgan fingerprint density at radius 3 is 2.78 bits per heavy atom. The van der Waals surface area contributed by atoms with Crippen LogP contribution in [0.15, 0.2) is 22.8 Å². The Hall–Kier alpha value is -2.39. The van der Waals surface area contributed by atoms with E-state index in [1.807, 2.05) is 5.94 Å². The molecular weight excluding hydrogens is 234 g/mol. The highest BCUT2D eigenvalue weighted by Crippen LogP contribution is 2.24. The molecule has 0 amide bonds. The van der Waals surface area contributed by atoms with Crippen LogP contribution in [0.25, 0.3) is 5.76 Å². The second-order valence-corrected chi connectivity index (χ2v) is 3.76. The van der Waals surface area contributed by atoms with Gasteiger partial charge in [-0.2, -0.15) is 0 Å². The van der Waals surface area contributed by atoms with E-state index in [4.69, 9.17) is 9.84 Å². The molecule has 1 heterocycles. The Kier molecular flexibility index (Phi) is 3.00. The molecule has 0 fully saturated rings. The highest BCUT2D eigenvalue weighted by Gasteiger charge is 2.25. The average Bonchev–Trinajstić information content (AvgIpc) is 2.70. The lowest BCUT2D eigenvalue weighted by molar-refractivity contribution is -0.132. The van der Waals surface area contributed by atoms with Crippen molar-refractivity contribution in [2.75, 3.05) is 6.61 Å². The smallest absolute Gasteiger partial charge is 0.358 e. The predicted octanol–water partition coefficient (Wildman–Crippen LogP) is -0.0789. The minimum absolute atomic E-state index is 0.127. The van der Waals surface area contributed by atoms with Crippen LogP contribution in [0.5, 0.6) is 0 Å². The quantitative estimate of drug-likeness (QED) is 0.808. The van der Waals surface area contributed by atoms with Gasteiger partial charge >= 0.3 is 5.97 Å². The van der Waals surface area contributed by atoms with E-state index < -0.39 is 5.97 Å². The summed E-state index contributed by atoms with van der Waals surface area (Å²) >= 11 is 0. The van der Waals surface area contributed by atoms with Gasteiger partial charge in [0, 0.05) is 5.56 Å². The maximum Gasteiger partial charge on any atom is 0.358 e. The number of nitrogens with zero attached hydrogens (tertiary/aromatic N) is 1. The molecule has 5 nitrogen and oxygen atoms in total. The molecule has 2 rings (SSSR count). The summed E-state index contributed by atoms with van der Waals surface area (Å²) < 4.78 is 5.36. The first-order valence-corrected chi connectivity index (χ1v) is 5.44. The van der Waals surface area contributed by atoms with Gasteiger partial charge in [0.1, 0.15) is 5.94 Å². The predicted molar refractivity (Wildman–Crippen MR) is 62.9 cm³/mol. The molecule has 1 N–H and O–H groups in total. The van der Waals surface area contributed by atoms with E-state index in [1.54, 1.807) is 26.0 Å². The van der Waals surface area contributed by atoms with E-state index in [2.05, 4.69) is 4.99 Å². The molecule has 0 unspecified atom stereocenters. The van der Waals surface area contributed by atoms with Gasteiger partial charge in [-0.15, -0.1) is 0 Å². The Bertz CT molecular complexity index is 696. The molecule has 0 aliphatic carbocycles. The molecule has 1 aromatic carbocycles. The van der Waals surface area contributed by atoms with Crippen LogP contribution in [0.4, 0.5) is 0 Å². The summed E-state index contributed by atoms with van der Waals surface area (Å²) in [5, 5.41) is 9.98. The summed E-state index contributed by atoms with van der Waals surface area (Å²) in [6.45, 7) is 3.81. The standard InChI is InChI=1S/C13H11NO4/c1-3-18-12-10-7(2)8(6-15)4-5-9(10)14-11(12)13(16)17/h4-5H,3H2,1-2H3,(H,16,17). The first kappa shape index (κ1) is 12.1. The van der Waals surface area contributed by atoms with Crippen LogP contribution in [0.2, 0.25) is 0 Å². The van der Waals surface area contributed by atoms with Crippen LogP contribution in [-0.4, -0.2) is 23.6 Å². The Morgan fingerprint density at radius 2 is 2.22 bits per heavy atom. The topological polar surface area (TPSA) is 76.0 Å². The number of aliphatic carboxylic acids is 1. The highest BCUT2D eigenvalue weighted by atomic mass is 16.5. The van der Waals surface area contributed by atoms with E-state index >= 15 is 0 Å². The fraction of sp³-hybridized carbons (Fsp3) is 0.231. The summed E-state index contributed by atoms with van der Waals surface area (Å²) in [5.41, 5.74) is 1.07. The van der Waals surface area contributed by atoms with Crippen molar-refractivity contribution in [2.24, 2.45) is 4.99 Å². The number of fused-ring (bicyclic) bond motifs is 1. The van der Waals surface area contributed by atoms with E-state index in [0.717, 1.165) is 0 Å². The molecule has 0 radical (unpaired) electrons. The van der Waals surface area contributed by atoms with Crippen molar-refractivity contribution >= 4 is 17.7 Å². The number of carboxylic acids is 1. The van der Waals surface area contributed by atoms with Gasteiger partial charge in [-0.3, -0.25) is 0 Å². The van der Waals surface area contributed by atoms with Gasteiger partial charge in [0.25, 0.3) is 0 Å². The van der Waals surface area contributed by atoms with Crippen molar-refractivity contribution in [3.05, 3.63) is 39.5 Å². The van der Waals surface area contributed by atoms with Crippen molar-refractivity contribution in [3.8, 4) is 0 Å². The zero-order chi connectivity index (χ0) is 13.3. The van der Waals surface area contributed by atoms with Crippen molar-refractivity contribution in [2.45, 2.75) is 13.8 Å². The van der Waals surface area contributed by atoms with Crippen molar-refractivity contribution in [1.82, 2.24) is 0 Å². The summed E-state index contributed by atoms with van der Waals surface area (Å²) in [5.74, 6) is 0.884. The third-order valence-corrected chi connectivity index (χ3v) is 2.72.